The maximum absolute atomic E-state index is 11.5. The number of carbonyl (C=O) groups is 4. The number of allylic oxidation sites excluding steroid dienone is 4. The molecule has 2 unspecified atom stereocenters. The molecule has 0 aromatic heterocycles. The fourth-order valence-corrected chi connectivity index (χ4v) is 2.55. The second kappa shape index (κ2) is 30.1. The van der Waals surface area contributed by atoms with Crippen molar-refractivity contribution in [1.82, 2.24) is 5.32 Å². The van der Waals surface area contributed by atoms with Crippen LogP contribution in [0.1, 0.15) is 107 Å². The van der Waals surface area contributed by atoms with Gasteiger partial charge in [0, 0.05) is 25.7 Å². The molecule has 194 valence electrons. The molecule has 2 atom stereocenters. The van der Waals surface area contributed by atoms with Crippen molar-refractivity contribution in [1.29, 1.82) is 0 Å². The van der Waals surface area contributed by atoms with Crippen LogP contribution in [-0.2, 0) is 19.2 Å². The van der Waals surface area contributed by atoms with Crippen LogP contribution in [0.5, 0.6) is 0 Å². The van der Waals surface area contributed by atoms with Crippen LogP contribution in [0.4, 0.5) is 0 Å². The molecule has 5 heteroatoms. The maximum Gasteiger partial charge on any atom is 0.198 e. The summed E-state index contributed by atoms with van der Waals surface area (Å²) in [6, 6.07) is 0. The van der Waals surface area contributed by atoms with E-state index in [2.05, 4.69) is 36.5 Å². The van der Waals surface area contributed by atoms with Gasteiger partial charge in [-0.15, -0.1) is 0 Å². The molecule has 1 N–H and O–H groups in total. The van der Waals surface area contributed by atoms with Gasteiger partial charge in [-0.05, 0) is 53.1 Å². The Kier molecular flexibility index (Phi) is 35.0. The van der Waals surface area contributed by atoms with Crippen molar-refractivity contribution in [3.8, 4) is 0 Å². The monoisotopic (exact) mass is 467 g/mol. The summed E-state index contributed by atoms with van der Waals surface area (Å²) in [6.07, 6.45) is 15.8. The third-order valence-electron chi connectivity index (χ3n) is 4.57. The first-order valence-electron chi connectivity index (χ1n) is 12.6. The molecule has 0 radical (unpaired) electrons. The summed E-state index contributed by atoms with van der Waals surface area (Å²) in [6.45, 7) is 14.6. The topological polar surface area (TPSA) is 80.3 Å². The molecule has 0 saturated carbocycles. The maximum atomic E-state index is 11.5. The van der Waals surface area contributed by atoms with Gasteiger partial charge in [-0.3, -0.25) is 14.4 Å². The molecular formula is C28H53NO4. The highest BCUT2D eigenvalue weighted by molar-refractivity contribution is 6.36. The highest BCUT2D eigenvalue weighted by Crippen LogP contribution is 2.26. The van der Waals surface area contributed by atoms with Crippen LogP contribution in [0, 0.1) is 11.8 Å². The van der Waals surface area contributed by atoms with Crippen molar-refractivity contribution < 1.29 is 19.2 Å². The quantitative estimate of drug-likeness (QED) is 0.362. The zero-order valence-corrected chi connectivity index (χ0v) is 23.3. The van der Waals surface area contributed by atoms with Gasteiger partial charge in [0.2, 0.25) is 0 Å². The van der Waals surface area contributed by atoms with Gasteiger partial charge in [0.15, 0.2) is 11.6 Å². The molecule has 1 aliphatic rings. The predicted molar refractivity (Wildman–Crippen MR) is 143 cm³/mol. The molecule has 0 aliphatic heterocycles. The largest absolute Gasteiger partial charge is 0.323 e. The average molecular weight is 468 g/mol. The Morgan fingerprint density at radius 2 is 1.39 bits per heavy atom. The van der Waals surface area contributed by atoms with Crippen LogP contribution in [-0.4, -0.2) is 37.2 Å². The molecule has 0 saturated heterocycles. The number of Topliss-reactive ketones (excluding diaryl/α,β-unsaturated/α-hetero) is 4. The highest BCUT2D eigenvalue weighted by atomic mass is 16.2. The lowest BCUT2D eigenvalue weighted by Gasteiger charge is -2.22. The summed E-state index contributed by atoms with van der Waals surface area (Å²) in [5.41, 5.74) is 0. The van der Waals surface area contributed by atoms with Gasteiger partial charge in [-0.25, -0.2) is 0 Å². The number of carbonyl (C=O) groups excluding carboxylic acids is 4. The lowest BCUT2D eigenvalue weighted by molar-refractivity contribution is -0.135. The van der Waals surface area contributed by atoms with E-state index in [0.29, 0.717) is 24.5 Å². The zero-order chi connectivity index (χ0) is 26.7. The third-order valence-corrected chi connectivity index (χ3v) is 4.57. The predicted octanol–water partition coefficient (Wildman–Crippen LogP) is 6.70. The van der Waals surface area contributed by atoms with Gasteiger partial charge in [0.1, 0.15) is 11.6 Å². The first-order valence-corrected chi connectivity index (χ1v) is 12.6. The van der Waals surface area contributed by atoms with Crippen molar-refractivity contribution in [3.05, 3.63) is 24.3 Å². The van der Waals surface area contributed by atoms with Crippen LogP contribution < -0.4 is 5.32 Å². The summed E-state index contributed by atoms with van der Waals surface area (Å²) >= 11 is 0. The molecule has 0 heterocycles. The molecular weight excluding hydrogens is 414 g/mol. The standard InChI is InChI=1S/C13H20O.C7H12O2.C4H8O.C2H7N.C2H6/c1-3-4-10-13(11(2)14)12-8-6-5-7-9-12;1-3-4-5-7(9)6(2)8;1-3-4(2)5;1-3-2;1-2/h5-8,12-13H,3-4,9-10H2,1-2H3;3-5H2,1-2H3;3H2,1-2H3;3H,1-2H3;1-2H3. The van der Waals surface area contributed by atoms with E-state index in [0.717, 1.165) is 32.1 Å². The van der Waals surface area contributed by atoms with Crippen molar-refractivity contribution in [2.75, 3.05) is 14.1 Å². The van der Waals surface area contributed by atoms with Gasteiger partial charge >= 0.3 is 0 Å². The molecule has 5 nitrogen and oxygen atoms in total. The molecule has 0 aromatic rings. The van der Waals surface area contributed by atoms with Crippen molar-refractivity contribution in [2.24, 2.45) is 11.8 Å². The summed E-state index contributed by atoms with van der Waals surface area (Å²) in [5, 5.41) is 2.75. The molecule has 0 bridgehead atoms. The molecule has 0 amide bonds. The van der Waals surface area contributed by atoms with Crippen molar-refractivity contribution in [3.63, 3.8) is 0 Å². The normalized spacial score (nSPS) is 13.8. The van der Waals surface area contributed by atoms with E-state index in [1.165, 1.54) is 13.3 Å². The first kappa shape index (κ1) is 38.4. The van der Waals surface area contributed by atoms with E-state index in [4.69, 9.17) is 0 Å². The molecule has 0 fully saturated rings. The van der Waals surface area contributed by atoms with E-state index in [-0.39, 0.29) is 23.3 Å². The van der Waals surface area contributed by atoms with Crippen LogP contribution >= 0.6 is 0 Å². The van der Waals surface area contributed by atoms with E-state index < -0.39 is 0 Å². The fraction of sp³-hybridized carbons (Fsp3) is 0.714. The molecule has 33 heavy (non-hydrogen) atoms. The van der Waals surface area contributed by atoms with E-state index >= 15 is 0 Å². The summed E-state index contributed by atoms with van der Waals surface area (Å²) in [5.74, 6) is 0.744. The second-order valence-corrected chi connectivity index (χ2v) is 7.71. The van der Waals surface area contributed by atoms with E-state index in [9.17, 15) is 19.2 Å². The summed E-state index contributed by atoms with van der Waals surface area (Å²) < 4.78 is 0. The Morgan fingerprint density at radius 1 is 0.909 bits per heavy atom. The van der Waals surface area contributed by atoms with E-state index in [1.54, 1.807) is 13.8 Å². The Morgan fingerprint density at radius 3 is 1.70 bits per heavy atom. The van der Waals surface area contributed by atoms with Gasteiger partial charge in [-0.2, -0.15) is 0 Å². The Hall–Kier alpha value is -1.88. The van der Waals surface area contributed by atoms with Crippen LogP contribution in [0.2, 0.25) is 0 Å². The van der Waals surface area contributed by atoms with Gasteiger partial charge in [0.25, 0.3) is 0 Å². The minimum Gasteiger partial charge on any atom is -0.323 e. The molecule has 1 rings (SSSR count). The van der Waals surface area contributed by atoms with Crippen LogP contribution in [0.25, 0.3) is 0 Å². The minimum atomic E-state index is -0.316. The van der Waals surface area contributed by atoms with Gasteiger partial charge in [-0.1, -0.05) is 78.2 Å². The van der Waals surface area contributed by atoms with Crippen LogP contribution in [0.3, 0.4) is 0 Å². The summed E-state index contributed by atoms with van der Waals surface area (Å²) in [4.78, 5) is 42.2. The van der Waals surface area contributed by atoms with Crippen molar-refractivity contribution >= 4 is 23.1 Å². The fourth-order valence-electron chi connectivity index (χ4n) is 2.55. The SMILES string of the molecule is CC.CCC(C)=O.CCCCC(=O)C(C)=O.CCCCC(C(C)=O)C1C=CC=CC1.CNC. The highest BCUT2D eigenvalue weighted by Gasteiger charge is 2.22. The lowest BCUT2D eigenvalue weighted by atomic mass is 9.81. The van der Waals surface area contributed by atoms with Gasteiger partial charge < -0.3 is 10.1 Å². The molecule has 0 spiro atoms. The summed E-state index contributed by atoms with van der Waals surface area (Å²) in [7, 11) is 3.75. The smallest absolute Gasteiger partial charge is 0.198 e. The Labute approximate surface area is 204 Å². The minimum absolute atomic E-state index is 0.239. The average Bonchev–Trinajstić information content (AvgIpc) is 2.80. The van der Waals surface area contributed by atoms with E-state index in [1.807, 2.05) is 41.8 Å². The lowest BCUT2D eigenvalue weighted by Crippen LogP contribution is -2.20. The van der Waals surface area contributed by atoms with Crippen LogP contribution in [0.15, 0.2) is 24.3 Å². The first-order chi connectivity index (χ1) is 15.6. The molecule has 1 aliphatic carbocycles. The number of rotatable bonds is 10. The Bertz CT molecular complexity index is 550. The second-order valence-electron chi connectivity index (χ2n) is 7.71. The number of ketones is 4. The molecule has 0 aromatic carbocycles. The third kappa shape index (κ3) is 30.1. The number of hydrogen-bond acceptors (Lipinski definition) is 5. The zero-order valence-electron chi connectivity index (χ0n) is 23.3. The number of unbranched alkanes of at least 4 members (excludes halogenated alkanes) is 2. The van der Waals surface area contributed by atoms with Crippen molar-refractivity contribution in [2.45, 2.75) is 107 Å². The Balaban J connectivity index is -0.000000190. The number of nitrogens with one attached hydrogen (secondary N) is 1. The van der Waals surface area contributed by atoms with Gasteiger partial charge in [0.05, 0.1) is 0 Å². The number of hydrogen-bond donors (Lipinski definition) is 1.